The van der Waals surface area contributed by atoms with Crippen molar-refractivity contribution in [2.75, 3.05) is 0 Å². The molecule has 0 saturated heterocycles. The first-order chi connectivity index (χ1) is 34.6. The summed E-state index contributed by atoms with van der Waals surface area (Å²) < 4.78 is 7.24. The molecule has 0 amide bonds. The van der Waals surface area contributed by atoms with Gasteiger partial charge in [-0.1, -0.05) is 164 Å². The van der Waals surface area contributed by atoms with Crippen molar-refractivity contribution in [3.05, 3.63) is 230 Å². The van der Waals surface area contributed by atoms with Gasteiger partial charge in [0.05, 0.1) is 38.6 Å². The van der Waals surface area contributed by atoms with Crippen LogP contribution in [-0.4, -0.2) is 23.7 Å². The largest absolute Gasteiger partial charge is 0.309 e. The first-order valence-corrected chi connectivity index (χ1v) is 24.0. The Kier molecular flexibility index (Phi) is 8.08. The average molecular weight is 892 g/mol. The molecule has 0 N–H and O–H groups in total. The summed E-state index contributed by atoms with van der Waals surface area (Å²) in [6.07, 6.45) is 2.02. The Morgan fingerprint density at radius 3 is 1.80 bits per heavy atom. The molecular weight excluding hydrogens is 851 g/mol. The maximum Gasteiger partial charge on any atom is 0.164 e. The lowest BCUT2D eigenvalue weighted by Gasteiger charge is -2.18. The molecule has 0 atom stereocenters. The molecule has 4 aromatic heterocycles. The third-order valence-corrected chi connectivity index (χ3v) is 14.9. The predicted molar refractivity (Wildman–Crippen MR) is 293 cm³/mol. The van der Waals surface area contributed by atoms with Crippen molar-refractivity contribution in [2.24, 2.45) is 0 Å². The minimum Gasteiger partial charge on any atom is -0.309 e. The standard InChI is InChI=1S/C65H41N5/c1-3-40-20-18-30-48-46-26-12-13-28-49(46)61-60-50-29-15-17-32-54(50)70(44-23-8-5-9-24-44)56(60)38-57-62(61)58(59(40)48)39(2)68(57)65-63(67-64-45-25-11-10-19-41(45)33-35-52(64)66-65)42-34-36-55-51(37-42)47-27-14-16-31-53(47)69(55)43-21-6-4-7-22-43/h3-38H,1H2,2H3. The van der Waals surface area contributed by atoms with Crippen LogP contribution in [0.1, 0.15) is 11.3 Å². The quantitative estimate of drug-likeness (QED) is 0.162. The Bertz CT molecular complexity index is 4550. The Hall–Kier alpha value is -9.32. The molecule has 1 aliphatic carbocycles. The van der Waals surface area contributed by atoms with E-state index in [1.807, 2.05) is 6.08 Å². The van der Waals surface area contributed by atoms with Crippen LogP contribution < -0.4 is 0 Å². The van der Waals surface area contributed by atoms with E-state index in [0.717, 1.165) is 94.5 Å². The molecule has 0 aliphatic heterocycles. The van der Waals surface area contributed by atoms with E-state index in [2.05, 4.69) is 240 Å². The number of para-hydroxylation sites is 4. The van der Waals surface area contributed by atoms with E-state index in [-0.39, 0.29) is 0 Å². The van der Waals surface area contributed by atoms with E-state index >= 15 is 0 Å². The van der Waals surface area contributed by atoms with Crippen molar-refractivity contribution in [1.82, 2.24) is 23.7 Å². The number of benzene rings is 10. The summed E-state index contributed by atoms with van der Waals surface area (Å²) in [6, 6.07) is 76.8. The van der Waals surface area contributed by atoms with Gasteiger partial charge in [0, 0.05) is 66.1 Å². The van der Waals surface area contributed by atoms with Crippen LogP contribution in [0.25, 0.3) is 144 Å². The monoisotopic (exact) mass is 891 g/mol. The molecule has 5 nitrogen and oxygen atoms in total. The predicted octanol–water partition coefficient (Wildman–Crippen LogP) is 16.9. The lowest BCUT2D eigenvalue weighted by molar-refractivity contribution is 0.997. The van der Waals surface area contributed by atoms with Crippen molar-refractivity contribution < 1.29 is 0 Å². The molecule has 70 heavy (non-hydrogen) atoms. The summed E-state index contributed by atoms with van der Waals surface area (Å²) in [5.74, 6) is 0.779. The van der Waals surface area contributed by atoms with Gasteiger partial charge < -0.3 is 9.13 Å². The second-order valence-electron chi connectivity index (χ2n) is 18.5. The molecule has 0 unspecified atom stereocenters. The molecule has 0 bridgehead atoms. The first kappa shape index (κ1) is 38.8. The van der Waals surface area contributed by atoms with E-state index in [4.69, 9.17) is 9.97 Å². The molecule has 4 heterocycles. The summed E-state index contributed by atoms with van der Waals surface area (Å²) in [7, 11) is 0. The highest BCUT2D eigenvalue weighted by Gasteiger charge is 2.33. The van der Waals surface area contributed by atoms with E-state index < -0.39 is 0 Å². The molecule has 15 rings (SSSR count). The van der Waals surface area contributed by atoms with Gasteiger partial charge in [-0.05, 0) is 101 Å². The van der Waals surface area contributed by atoms with Gasteiger partial charge in [0.25, 0.3) is 0 Å². The second-order valence-corrected chi connectivity index (χ2v) is 18.5. The summed E-state index contributed by atoms with van der Waals surface area (Å²) >= 11 is 0. The number of rotatable bonds is 5. The highest BCUT2D eigenvalue weighted by molar-refractivity contribution is 6.28. The molecule has 1 aliphatic rings. The highest BCUT2D eigenvalue weighted by Crippen LogP contribution is 2.55. The fourth-order valence-corrected chi connectivity index (χ4v) is 12.0. The highest BCUT2D eigenvalue weighted by atomic mass is 15.1. The normalized spacial score (nSPS) is 12.1. The van der Waals surface area contributed by atoms with Crippen LogP contribution in [0.5, 0.6) is 0 Å². The van der Waals surface area contributed by atoms with Gasteiger partial charge in [-0.15, -0.1) is 0 Å². The molecule has 10 aromatic carbocycles. The molecule has 0 fully saturated rings. The lowest BCUT2D eigenvalue weighted by atomic mass is 9.90. The number of nitrogens with zero attached hydrogens (tertiary/aromatic N) is 5. The van der Waals surface area contributed by atoms with Gasteiger partial charge in [-0.25, -0.2) is 9.97 Å². The Labute approximate surface area is 403 Å². The van der Waals surface area contributed by atoms with Crippen LogP contribution >= 0.6 is 0 Å². The summed E-state index contributed by atoms with van der Waals surface area (Å²) in [5, 5.41) is 8.17. The second kappa shape index (κ2) is 14.6. The third-order valence-electron chi connectivity index (χ3n) is 14.9. The zero-order chi connectivity index (χ0) is 46.2. The Morgan fingerprint density at radius 2 is 1.03 bits per heavy atom. The van der Waals surface area contributed by atoms with Crippen molar-refractivity contribution in [1.29, 1.82) is 0 Å². The van der Waals surface area contributed by atoms with Gasteiger partial charge in [0.15, 0.2) is 5.82 Å². The fraction of sp³-hybridized carbons (Fsp3) is 0.0154. The molecule has 5 heteroatoms. The Balaban J connectivity index is 1.14. The molecule has 326 valence electrons. The minimum absolute atomic E-state index is 0.779. The van der Waals surface area contributed by atoms with Gasteiger partial charge in [-0.2, -0.15) is 0 Å². The minimum atomic E-state index is 0.779. The summed E-state index contributed by atoms with van der Waals surface area (Å²) in [6.45, 7) is 6.69. The topological polar surface area (TPSA) is 40.6 Å². The van der Waals surface area contributed by atoms with Crippen LogP contribution in [0, 0.1) is 6.92 Å². The van der Waals surface area contributed by atoms with Crippen LogP contribution in [0.3, 0.4) is 0 Å². The van der Waals surface area contributed by atoms with Crippen LogP contribution in [0.15, 0.2) is 219 Å². The lowest BCUT2D eigenvalue weighted by Crippen LogP contribution is -2.06. The molecule has 14 aromatic rings. The molecule has 0 radical (unpaired) electrons. The van der Waals surface area contributed by atoms with Gasteiger partial charge >= 0.3 is 0 Å². The van der Waals surface area contributed by atoms with Crippen molar-refractivity contribution in [2.45, 2.75) is 6.92 Å². The summed E-state index contributed by atoms with van der Waals surface area (Å²) in [5.41, 5.74) is 20.7. The zero-order valence-electron chi connectivity index (χ0n) is 38.2. The first-order valence-electron chi connectivity index (χ1n) is 24.0. The summed E-state index contributed by atoms with van der Waals surface area (Å²) in [4.78, 5) is 11.6. The number of hydrogen-bond donors (Lipinski definition) is 0. The third kappa shape index (κ3) is 5.26. The fourth-order valence-electron chi connectivity index (χ4n) is 12.0. The zero-order valence-corrected chi connectivity index (χ0v) is 38.2. The van der Waals surface area contributed by atoms with Crippen molar-refractivity contribution >= 4 is 82.4 Å². The van der Waals surface area contributed by atoms with Crippen LogP contribution in [0.2, 0.25) is 0 Å². The number of fused-ring (bicyclic) bond motifs is 15. The number of aromatic nitrogens is 5. The maximum absolute atomic E-state index is 5.81. The van der Waals surface area contributed by atoms with Crippen LogP contribution in [0.4, 0.5) is 0 Å². The molecule has 0 saturated carbocycles. The van der Waals surface area contributed by atoms with E-state index in [9.17, 15) is 0 Å². The average Bonchev–Trinajstić information content (AvgIpc) is 4.01. The van der Waals surface area contributed by atoms with Gasteiger partial charge in [-0.3, -0.25) is 4.57 Å². The molecule has 0 spiro atoms. The van der Waals surface area contributed by atoms with Crippen molar-refractivity contribution in [3.8, 4) is 61.8 Å². The SMILES string of the molecule is C=Cc1cccc2c1-c1c(C)n(-c3nc4ccc5ccccc5c4nc3-c3ccc4c(c3)c3ccccc3n4-c3ccccc3)c3cc4c(c(c13)-c1ccccc1-2)c1ccccc1n4-c1ccccc1. The van der Waals surface area contributed by atoms with Gasteiger partial charge in [0.1, 0.15) is 5.69 Å². The van der Waals surface area contributed by atoms with E-state index in [0.29, 0.717) is 0 Å². The van der Waals surface area contributed by atoms with Gasteiger partial charge in [0.2, 0.25) is 0 Å². The van der Waals surface area contributed by atoms with E-state index in [1.165, 1.54) is 54.9 Å². The number of hydrogen-bond acceptors (Lipinski definition) is 2. The van der Waals surface area contributed by atoms with Crippen LogP contribution in [-0.2, 0) is 0 Å². The Morgan fingerprint density at radius 1 is 0.414 bits per heavy atom. The smallest absolute Gasteiger partial charge is 0.164 e. The van der Waals surface area contributed by atoms with E-state index in [1.54, 1.807) is 0 Å². The molecular formula is C65H41N5. The maximum atomic E-state index is 5.81. The van der Waals surface area contributed by atoms with Crippen molar-refractivity contribution in [3.63, 3.8) is 0 Å².